The third kappa shape index (κ3) is 3.56. The minimum atomic E-state index is -0.816. The van der Waals surface area contributed by atoms with Gasteiger partial charge in [0, 0.05) is 6.04 Å². The van der Waals surface area contributed by atoms with Gasteiger partial charge in [0.2, 0.25) is 0 Å². The van der Waals surface area contributed by atoms with Crippen molar-refractivity contribution in [3.8, 4) is 5.75 Å². The minimum Gasteiger partial charge on any atom is -0.497 e. The van der Waals surface area contributed by atoms with Crippen molar-refractivity contribution in [2.45, 2.75) is 50.6 Å². The lowest BCUT2D eigenvalue weighted by Gasteiger charge is -2.35. The van der Waals surface area contributed by atoms with Crippen LogP contribution >= 0.6 is 0 Å². The molecule has 4 heteroatoms. The SMILES string of the molecule is COC(=O)C(C)(NC1CCCCC1)c1ccc(OC)cc1. The van der Waals surface area contributed by atoms with E-state index in [-0.39, 0.29) is 5.97 Å². The second-order valence-corrected chi connectivity index (χ2v) is 5.82. The van der Waals surface area contributed by atoms with Crippen molar-refractivity contribution < 1.29 is 14.3 Å². The maximum atomic E-state index is 12.3. The van der Waals surface area contributed by atoms with Gasteiger partial charge in [-0.05, 0) is 37.5 Å². The van der Waals surface area contributed by atoms with Crippen LogP contribution in [-0.4, -0.2) is 26.2 Å². The second kappa shape index (κ2) is 6.94. The molecule has 0 amide bonds. The third-order valence-electron chi connectivity index (χ3n) is 4.36. The van der Waals surface area contributed by atoms with Gasteiger partial charge in [-0.1, -0.05) is 31.4 Å². The number of esters is 1. The zero-order valence-electron chi connectivity index (χ0n) is 13.1. The molecule has 0 aliphatic heterocycles. The zero-order valence-corrected chi connectivity index (χ0v) is 13.1. The first-order valence-electron chi connectivity index (χ1n) is 7.61. The molecule has 1 N–H and O–H groups in total. The van der Waals surface area contributed by atoms with Crippen LogP contribution in [-0.2, 0) is 15.1 Å². The molecule has 2 rings (SSSR count). The van der Waals surface area contributed by atoms with Gasteiger partial charge in [0.1, 0.15) is 11.3 Å². The van der Waals surface area contributed by atoms with Crippen molar-refractivity contribution in [2.75, 3.05) is 14.2 Å². The number of carbonyl (C=O) groups is 1. The Labute approximate surface area is 126 Å². The number of carbonyl (C=O) groups excluding carboxylic acids is 1. The van der Waals surface area contributed by atoms with E-state index in [1.807, 2.05) is 31.2 Å². The first-order chi connectivity index (χ1) is 10.1. The van der Waals surface area contributed by atoms with Crippen LogP contribution in [0.25, 0.3) is 0 Å². The highest BCUT2D eigenvalue weighted by Gasteiger charge is 2.38. The molecule has 0 saturated heterocycles. The fraction of sp³-hybridized carbons (Fsp3) is 0.588. The molecule has 1 fully saturated rings. The Balaban J connectivity index is 2.24. The maximum absolute atomic E-state index is 12.3. The van der Waals surface area contributed by atoms with Crippen LogP contribution < -0.4 is 10.1 Å². The van der Waals surface area contributed by atoms with E-state index in [1.165, 1.54) is 26.4 Å². The second-order valence-electron chi connectivity index (χ2n) is 5.82. The fourth-order valence-corrected chi connectivity index (χ4v) is 3.04. The quantitative estimate of drug-likeness (QED) is 0.847. The van der Waals surface area contributed by atoms with Crippen LogP contribution in [0, 0.1) is 0 Å². The van der Waals surface area contributed by atoms with E-state index >= 15 is 0 Å². The summed E-state index contributed by atoms with van der Waals surface area (Å²) in [6, 6.07) is 7.96. The van der Waals surface area contributed by atoms with Crippen LogP contribution in [0.5, 0.6) is 5.75 Å². The van der Waals surface area contributed by atoms with Gasteiger partial charge < -0.3 is 9.47 Å². The van der Waals surface area contributed by atoms with Gasteiger partial charge >= 0.3 is 5.97 Å². The lowest BCUT2D eigenvalue weighted by atomic mass is 9.87. The average Bonchev–Trinajstić information content (AvgIpc) is 2.55. The maximum Gasteiger partial charge on any atom is 0.330 e. The molecule has 1 unspecified atom stereocenters. The summed E-state index contributed by atoms with van der Waals surface area (Å²) in [5.41, 5.74) is 0.0870. The number of rotatable bonds is 5. The Bertz CT molecular complexity index is 465. The Morgan fingerprint density at radius 1 is 1.14 bits per heavy atom. The molecule has 4 nitrogen and oxygen atoms in total. The molecule has 1 atom stereocenters. The highest BCUT2D eigenvalue weighted by Crippen LogP contribution is 2.28. The molecule has 0 heterocycles. The highest BCUT2D eigenvalue weighted by atomic mass is 16.5. The number of ether oxygens (including phenoxy) is 2. The molecular formula is C17H25NO3. The van der Waals surface area contributed by atoms with Gasteiger partial charge in [-0.2, -0.15) is 0 Å². The standard InChI is InChI=1S/C17H25NO3/c1-17(16(19)21-3,18-14-7-5-4-6-8-14)13-9-11-15(20-2)12-10-13/h9-12,14,18H,4-8H2,1-3H3. The molecule has 1 aromatic rings. The van der Waals surface area contributed by atoms with E-state index in [0.29, 0.717) is 6.04 Å². The summed E-state index contributed by atoms with van der Waals surface area (Å²) in [6.45, 7) is 1.90. The Morgan fingerprint density at radius 3 is 2.29 bits per heavy atom. The molecule has 0 aromatic heterocycles. The van der Waals surface area contributed by atoms with Gasteiger partial charge in [0.05, 0.1) is 14.2 Å². The number of methoxy groups -OCH3 is 2. The van der Waals surface area contributed by atoms with Gasteiger partial charge in [0.15, 0.2) is 0 Å². The minimum absolute atomic E-state index is 0.252. The van der Waals surface area contributed by atoms with Crippen LogP contribution in [0.1, 0.15) is 44.6 Å². The summed E-state index contributed by atoms with van der Waals surface area (Å²) >= 11 is 0. The van der Waals surface area contributed by atoms with Gasteiger partial charge in [-0.3, -0.25) is 5.32 Å². The number of hydrogen-bond donors (Lipinski definition) is 1. The third-order valence-corrected chi connectivity index (χ3v) is 4.36. The van der Waals surface area contributed by atoms with Crippen molar-refractivity contribution in [1.82, 2.24) is 5.32 Å². The van der Waals surface area contributed by atoms with Crippen LogP contribution in [0.3, 0.4) is 0 Å². The summed E-state index contributed by atoms with van der Waals surface area (Å²) in [7, 11) is 3.07. The summed E-state index contributed by atoms with van der Waals surface area (Å²) in [5, 5.41) is 3.52. The van der Waals surface area contributed by atoms with E-state index in [9.17, 15) is 4.79 Å². The van der Waals surface area contributed by atoms with E-state index < -0.39 is 5.54 Å². The fourth-order valence-electron chi connectivity index (χ4n) is 3.04. The Kier molecular flexibility index (Phi) is 5.23. The largest absolute Gasteiger partial charge is 0.497 e. The molecule has 116 valence electrons. The van der Waals surface area contributed by atoms with Crippen LogP contribution in [0.15, 0.2) is 24.3 Å². The van der Waals surface area contributed by atoms with Crippen molar-refractivity contribution in [2.24, 2.45) is 0 Å². The van der Waals surface area contributed by atoms with Crippen molar-refractivity contribution in [3.05, 3.63) is 29.8 Å². The first kappa shape index (κ1) is 15.8. The monoisotopic (exact) mass is 291 g/mol. The molecule has 1 aromatic carbocycles. The molecule has 1 aliphatic rings. The number of nitrogens with one attached hydrogen (secondary N) is 1. The molecular weight excluding hydrogens is 266 g/mol. The predicted octanol–water partition coefficient (Wildman–Crippen LogP) is 3.01. The van der Waals surface area contributed by atoms with E-state index in [0.717, 1.165) is 24.2 Å². The summed E-state index contributed by atoms with van der Waals surface area (Å²) in [5.74, 6) is 0.530. The lowest BCUT2D eigenvalue weighted by molar-refractivity contribution is -0.148. The van der Waals surface area contributed by atoms with Crippen molar-refractivity contribution in [1.29, 1.82) is 0 Å². The molecule has 0 bridgehead atoms. The van der Waals surface area contributed by atoms with E-state index in [4.69, 9.17) is 9.47 Å². The molecule has 21 heavy (non-hydrogen) atoms. The summed E-state index contributed by atoms with van der Waals surface area (Å²) in [6.07, 6.45) is 5.95. The summed E-state index contributed by atoms with van der Waals surface area (Å²) in [4.78, 5) is 12.3. The normalized spacial score (nSPS) is 18.8. The first-order valence-corrected chi connectivity index (χ1v) is 7.61. The Morgan fingerprint density at radius 2 is 1.76 bits per heavy atom. The molecule has 0 spiro atoms. The summed E-state index contributed by atoms with van der Waals surface area (Å²) < 4.78 is 10.2. The topological polar surface area (TPSA) is 47.6 Å². The smallest absolute Gasteiger partial charge is 0.330 e. The van der Waals surface area contributed by atoms with Gasteiger partial charge in [-0.15, -0.1) is 0 Å². The number of benzene rings is 1. The van der Waals surface area contributed by atoms with Crippen LogP contribution in [0.2, 0.25) is 0 Å². The molecule has 1 aliphatic carbocycles. The Hall–Kier alpha value is -1.55. The number of hydrogen-bond acceptors (Lipinski definition) is 4. The van der Waals surface area contributed by atoms with E-state index in [1.54, 1.807) is 7.11 Å². The predicted molar refractivity (Wildman–Crippen MR) is 82.4 cm³/mol. The zero-order chi connectivity index (χ0) is 15.3. The average molecular weight is 291 g/mol. The van der Waals surface area contributed by atoms with E-state index in [2.05, 4.69) is 5.32 Å². The van der Waals surface area contributed by atoms with Crippen molar-refractivity contribution in [3.63, 3.8) is 0 Å². The molecule has 0 radical (unpaired) electrons. The van der Waals surface area contributed by atoms with Gasteiger partial charge in [-0.25, -0.2) is 4.79 Å². The van der Waals surface area contributed by atoms with Gasteiger partial charge in [0.25, 0.3) is 0 Å². The lowest BCUT2D eigenvalue weighted by Crippen LogP contribution is -2.52. The highest BCUT2D eigenvalue weighted by molar-refractivity contribution is 5.82. The van der Waals surface area contributed by atoms with Crippen molar-refractivity contribution >= 4 is 5.97 Å². The molecule has 1 saturated carbocycles. The van der Waals surface area contributed by atoms with Crippen LogP contribution in [0.4, 0.5) is 0 Å².